The highest BCUT2D eigenvalue weighted by Gasteiger charge is 2.22. The van der Waals surface area contributed by atoms with E-state index in [-0.39, 0.29) is 5.91 Å². The first-order chi connectivity index (χ1) is 7.20. The molecule has 1 aromatic carbocycles. The molecule has 4 heteroatoms. The molecule has 0 spiro atoms. The minimum absolute atomic E-state index is 0.190. The van der Waals surface area contributed by atoms with E-state index in [1.807, 2.05) is 18.2 Å². The first kappa shape index (κ1) is 10.5. The first-order valence-corrected chi connectivity index (χ1v) is 5.65. The predicted molar refractivity (Wildman–Crippen MR) is 62.3 cm³/mol. The molecule has 2 rings (SSSR count). The second kappa shape index (κ2) is 4.23. The molecule has 1 saturated heterocycles. The summed E-state index contributed by atoms with van der Waals surface area (Å²) < 4.78 is 6.09. The van der Waals surface area contributed by atoms with Crippen LogP contribution in [-0.4, -0.2) is 19.6 Å². The van der Waals surface area contributed by atoms with E-state index in [1.165, 1.54) is 0 Å². The van der Waals surface area contributed by atoms with Crippen molar-refractivity contribution in [1.82, 2.24) is 0 Å². The summed E-state index contributed by atoms with van der Waals surface area (Å²) >= 11 is 3.40. The molecule has 1 fully saturated rings. The zero-order valence-electron chi connectivity index (χ0n) is 8.50. The lowest BCUT2D eigenvalue weighted by Gasteiger charge is -2.16. The number of benzene rings is 1. The fourth-order valence-corrected chi connectivity index (χ4v) is 2.20. The fraction of sp³-hybridized carbons (Fsp3) is 0.364. The molecule has 1 aromatic rings. The molecule has 0 radical (unpaired) electrons. The van der Waals surface area contributed by atoms with Gasteiger partial charge >= 0.3 is 0 Å². The minimum atomic E-state index is 0.190. The molecule has 1 heterocycles. The van der Waals surface area contributed by atoms with Crippen LogP contribution in [0.1, 0.15) is 12.8 Å². The maximum atomic E-state index is 11.6. The molecule has 0 atom stereocenters. The van der Waals surface area contributed by atoms with E-state index in [0.717, 1.165) is 28.9 Å². The Hall–Kier alpha value is -1.03. The third-order valence-electron chi connectivity index (χ3n) is 2.48. The third kappa shape index (κ3) is 2.15. The van der Waals surface area contributed by atoms with Gasteiger partial charge in [-0.3, -0.25) is 4.79 Å². The summed E-state index contributed by atoms with van der Waals surface area (Å²) in [5.74, 6) is 0.953. The van der Waals surface area contributed by atoms with Crippen LogP contribution in [-0.2, 0) is 4.79 Å². The second-order valence-electron chi connectivity index (χ2n) is 3.50. The molecule has 1 aliphatic rings. The zero-order valence-corrected chi connectivity index (χ0v) is 10.1. The first-order valence-electron chi connectivity index (χ1n) is 4.85. The van der Waals surface area contributed by atoms with Crippen molar-refractivity contribution in [2.45, 2.75) is 12.8 Å². The van der Waals surface area contributed by atoms with Gasteiger partial charge in [0.2, 0.25) is 5.91 Å². The van der Waals surface area contributed by atoms with E-state index in [0.29, 0.717) is 6.42 Å². The summed E-state index contributed by atoms with van der Waals surface area (Å²) in [6.45, 7) is 0.804. The minimum Gasteiger partial charge on any atom is -0.497 e. The maximum Gasteiger partial charge on any atom is 0.227 e. The van der Waals surface area contributed by atoms with Gasteiger partial charge in [0.1, 0.15) is 5.75 Å². The number of carbonyl (C=O) groups excluding carboxylic acids is 1. The molecule has 80 valence electrons. The van der Waals surface area contributed by atoms with Crippen LogP contribution in [0.5, 0.6) is 5.75 Å². The van der Waals surface area contributed by atoms with Crippen molar-refractivity contribution in [1.29, 1.82) is 0 Å². The normalized spacial score (nSPS) is 15.9. The SMILES string of the molecule is COc1cc(Br)cc(N2CCCC2=O)c1. The number of anilines is 1. The Balaban J connectivity index is 2.34. The smallest absolute Gasteiger partial charge is 0.227 e. The lowest BCUT2D eigenvalue weighted by Crippen LogP contribution is -2.23. The van der Waals surface area contributed by atoms with Gasteiger partial charge in [-0.25, -0.2) is 0 Å². The van der Waals surface area contributed by atoms with E-state index in [9.17, 15) is 4.79 Å². The molecule has 1 amide bonds. The summed E-state index contributed by atoms with van der Waals surface area (Å²) in [6, 6.07) is 5.70. The molecule has 0 N–H and O–H groups in total. The number of halogens is 1. The molecule has 0 bridgehead atoms. The summed E-state index contributed by atoms with van der Waals surface area (Å²) in [7, 11) is 1.62. The van der Waals surface area contributed by atoms with Crippen molar-refractivity contribution < 1.29 is 9.53 Å². The van der Waals surface area contributed by atoms with Gasteiger partial charge < -0.3 is 9.64 Å². The lowest BCUT2D eigenvalue weighted by atomic mass is 10.3. The summed E-state index contributed by atoms with van der Waals surface area (Å²) in [6.07, 6.45) is 1.59. The Morgan fingerprint density at radius 3 is 2.80 bits per heavy atom. The van der Waals surface area contributed by atoms with Gasteiger partial charge in [0.25, 0.3) is 0 Å². The quantitative estimate of drug-likeness (QED) is 0.826. The van der Waals surface area contributed by atoms with Crippen LogP contribution in [0, 0.1) is 0 Å². The number of carbonyl (C=O) groups is 1. The molecule has 0 unspecified atom stereocenters. The Morgan fingerprint density at radius 2 is 2.20 bits per heavy atom. The number of rotatable bonds is 2. The van der Waals surface area contributed by atoms with Crippen LogP contribution >= 0.6 is 15.9 Å². The highest BCUT2D eigenvalue weighted by molar-refractivity contribution is 9.10. The van der Waals surface area contributed by atoms with Crippen molar-refractivity contribution in [2.24, 2.45) is 0 Å². The van der Waals surface area contributed by atoms with Gasteiger partial charge in [-0.15, -0.1) is 0 Å². The Bertz CT molecular complexity index is 392. The van der Waals surface area contributed by atoms with E-state index in [2.05, 4.69) is 15.9 Å². The van der Waals surface area contributed by atoms with Crippen LogP contribution in [0.2, 0.25) is 0 Å². The highest BCUT2D eigenvalue weighted by Crippen LogP contribution is 2.29. The standard InChI is InChI=1S/C11H12BrNO2/c1-15-10-6-8(12)5-9(7-10)13-4-2-3-11(13)14/h5-7H,2-4H2,1H3. The van der Waals surface area contributed by atoms with E-state index >= 15 is 0 Å². The van der Waals surface area contributed by atoms with Gasteiger partial charge in [-0.2, -0.15) is 0 Å². The highest BCUT2D eigenvalue weighted by atomic mass is 79.9. The van der Waals surface area contributed by atoms with Gasteiger partial charge in [0.05, 0.1) is 7.11 Å². The maximum absolute atomic E-state index is 11.6. The van der Waals surface area contributed by atoms with E-state index < -0.39 is 0 Å². The van der Waals surface area contributed by atoms with Gasteiger partial charge in [-0.1, -0.05) is 15.9 Å². The zero-order chi connectivity index (χ0) is 10.8. The predicted octanol–water partition coefficient (Wildman–Crippen LogP) is 2.58. The number of nitrogens with zero attached hydrogens (tertiary/aromatic N) is 1. The molecular formula is C11H12BrNO2. The number of amides is 1. The van der Waals surface area contributed by atoms with Gasteiger partial charge in [0.15, 0.2) is 0 Å². The molecule has 0 aliphatic carbocycles. The van der Waals surface area contributed by atoms with Crippen LogP contribution in [0.15, 0.2) is 22.7 Å². The van der Waals surface area contributed by atoms with Gasteiger partial charge in [-0.05, 0) is 18.6 Å². The van der Waals surface area contributed by atoms with Crippen LogP contribution < -0.4 is 9.64 Å². The lowest BCUT2D eigenvalue weighted by molar-refractivity contribution is -0.117. The largest absolute Gasteiger partial charge is 0.497 e. The summed E-state index contributed by atoms with van der Waals surface area (Å²) in [5, 5.41) is 0. The Morgan fingerprint density at radius 1 is 1.40 bits per heavy atom. The third-order valence-corrected chi connectivity index (χ3v) is 2.93. The fourth-order valence-electron chi connectivity index (χ4n) is 1.74. The van der Waals surface area contributed by atoms with Crippen molar-refractivity contribution in [3.8, 4) is 5.75 Å². The number of hydrogen-bond acceptors (Lipinski definition) is 2. The topological polar surface area (TPSA) is 29.5 Å². The van der Waals surface area contributed by atoms with E-state index in [4.69, 9.17) is 4.74 Å². The van der Waals surface area contributed by atoms with Crippen LogP contribution in [0.4, 0.5) is 5.69 Å². The van der Waals surface area contributed by atoms with Gasteiger partial charge in [0, 0.05) is 29.2 Å². The molecule has 1 aliphatic heterocycles. The number of ether oxygens (including phenoxy) is 1. The van der Waals surface area contributed by atoms with Crippen molar-refractivity contribution in [3.63, 3.8) is 0 Å². The molecule has 15 heavy (non-hydrogen) atoms. The Kier molecular flexibility index (Phi) is 2.95. The summed E-state index contributed by atoms with van der Waals surface area (Å²) in [5.41, 5.74) is 0.906. The van der Waals surface area contributed by atoms with Crippen molar-refractivity contribution in [2.75, 3.05) is 18.6 Å². The monoisotopic (exact) mass is 269 g/mol. The van der Waals surface area contributed by atoms with E-state index in [1.54, 1.807) is 12.0 Å². The molecular weight excluding hydrogens is 258 g/mol. The summed E-state index contributed by atoms with van der Waals surface area (Å²) in [4.78, 5) is 13.4. The second-order valence-corrected chi connectivity index (χ2v) is 4.41. The van der Waals surface area contributed by atoms with Crippen molar-refractivity contribution >= 4 is 27.5 Å². The molecule has 0 aromatic heterocycles. The van der Waals surface area contributed by atoms with Crippen LogP contribution in [0.3, 0.4) is 0 Å². The Labute approximate surface area is 97.2 Å². The average molecular weight is 270 g/mol. The molecule has 3 nitrogen and oxygen atoms in total. The van der Waals surface area contributed by atoms with Crippen molar-refractivity contribution in [3.05, 3.63) is 22.7 Å². The molecule has 0 saturated carbocycles. The van der Waals surface area contributed by atoms with Crippen LogP contribution in [0.25, 0.3) is 0 Å². The number of methoxy groups -OCH3 is 1. The average Bonchev–Trinajstić information content (AvgIpc) is 2.63. The number of hydrogen-bond donors (Lipinski definition) is 0.